The molecular formula is C50H31BO4. The predicted octanol–water partition coefficient (Wildman–Crippen LogP) is 11.6. The molecule has 2 aliphatic heterocycles. The molecule has 55 heavy (non-hydrogen) atoms. The summed E-state index contributed by atoms with van der Waals surface area (Å²) in [4.78, 5) is 0. The summed E-state index contributed by atoms with van der Waals surface area (Å²) in [6.07, 6.45) is 0. The second kappa shape index (κ2) is 12.7. The lowest BCUT2D eigenvalue weighted by molar-refractivity contribution is 0.451. The summed E-state index contributed by atoms with van der Waals surface area (Å²) in [5.41, 5.74) is 6.90. The van der Waals surface area contributed by atoms with Gasteiger partial charge in [0.15, 0.2) is 0 Å². The minimum Gasteiger partial charge on any atom is -0.458 e. The van der Waals surface area contributed by atoms with Crippen molar-refractivity contribution in [3.05, 3.63) is 188 Å². The van der Waals surface area contributed by atoms with Crippen molar-refractivity contribution < 1.29 is 18.9 Å². The molecule has 2 aliphatic rings. The van der Waals surface area contributed by atoms with Crippen LogP contribution in [0.25, 0.3) is 43.8 Å². The van der Waals surface area contributed by atoms with Crippen LogP contribution < -0.4 is 35.3 Å². The van der Waals surface area contributed by atoms with Crippen LogP contribution in [0.5, 0.6) is 46.0 Å². The molecule has 0 atom stereocenters. The summed E-state index contributed by atoms with van der Waals surface area (Å²) in [6, 6.07) is 64.4. The van der Waals surface area contributed by atoms with Crippen LogP contribution in [0.2, 0.25) is 0 Å². The molecule has 0 amide bonds. The molecule has 0 aliphatic carbocycles. The normalized spacial score (nSPS) is 12.3. The van der Waals surface area contributed by atoms with Crippen molar-refractivity contribution in [2.45, 2.75) is 0 Å². The summed E-state index contributed by atoms with van der Waals surface area (Å²) < 4.78 is 27.5. The number of hydrogen-bond donors (Lipinski definition) is 0. The maximum absolute atomic E-state index is 6.88. The first kappa shape index (κ1) is 31.3. The fraction of sp³-hybridized carbons (Fsp3) is 0. The van der Waals surface area contributed by atoms with Crippen LogP contribution in [-0.2, 0) is 0 Å². The average Bonchev–Trinajstić information content (AvgIpc) is 3.23. The van der Waals surface area contributed by atoms with Gasteiger partial charge in [0.05, 0.1) is 0 Å². The van der Waals surface area contributed by atoms with E-state index in [9.17, 15) is 0 Å². The van der Waals surface area contributed by atoms with Crippen molar-refractivity contribution >= 4 is 44.6 Å². The van der Waals surface area contributed by atoms with Crippen molar-refractivity contribution in [1.29, 1.82) is 0 Å². The zero-order chi connectivity index (χ0) is 36.3. The van der Waals surface area contributed by atoms with E-state index in [0.717, 1.165) is 73.1 Å². The van der Waals surface area contributed by atoms with Crippen LogP contribution in [0.4, 0.5) is 0 Å². The number of benzene rings is 9. The molecule has 0 bridgehead atoms. The second-order valence-electron chi connectivity index (χ2n) is 14.0. The fourth-order valence-electron chi connectivity index (χ4n) is 8.07. The van der Waals surface area contributed by atoms with Gasteiger partial charge < -0.3 is 18.9 Å². The third-order valence-electron chi connectivity index (χ3n) is 10.6. The molecular weight excluding hydrogens is 675 g/mol. The number of rotatable bonds is 6. The van der Waals surface area contributed by atoms with Crippen LogP contribution in [0, 0.1) is 0 Å². The first-order valence-corrected chi connectivity index (χ1v) is 18.5. The van der Waals surface area contributed by atoms with E-state index in [0.29, 0.717) is 11.5 Å². The Morgan fingerprint density at radius 3 is 1.22 bits per heavy atom. The molecule has 0 fully saturated rings. The largest absolute Gasteiger partial charge is 0.458 e. The van der Waals surface area contributed by atoms with E-state index in [1.807, 2.05) is 78.9 Å². The maximum atomic E-state index is 6.88. The Morgan fingerprint density at radius 2 is 0.745 bits per heavy atom. The highest BCUT2D eigenvalue weighted by Gasteiger charge is 2.44. The van der Waals surface area contributed by atoms with Crippen LogP contribution in [-0.4, -0.2) is 6.71 Å². The van der Waals surface area contributed by atoms with Crippen molar-refractivity contribution in [2.75, 3.05) is 0 Å². The zero-order valence-corrected chi connectivity index (χ0v) is 29.6. The Labute approximate surface area is 318 Å². The molecule has 11 rings (SSSR count). The Morgan fingerprint density at radius 1 is 0.309 bits per heavy atom. The van der Waals surface area contributed by atoms with Gasteiger partial charge >= 0.3 is 0 Å². The van der Waals surface area contributed by atoms with E-state index in [1.54, 1.807) is 0 Å². The van der Waals surface area contributed by atoms with Crippen LogP contribution in [0.3, 0.4) is 0 Å². The SMILES string of the molecule is c1ccc(Oc2cc(-c3ccc4ccccc4c3)cc3c2B2c4c(Oc5ccccc5)cc(-c5ccc6ccccc6c5)cc4Oc4cccc(c42)O3)cc1. The van der Waals surface area contributed by atoms with Crippen molar-refractivity contribution in [3.63, 3.8) is 0 Å². The molecule has 0 unspecified atom stereocenters. The molecule has 0 saturated carbocycles. The third-order valence-corrected chi connectivity index (χ3v) is 10.6. The molecule has 9 aromatic carbocycles. The van der Waals surface area contributed by atoms with Crippen molar-refractivity contribution in [1.82, 2.24) is 0 Å². The topological polar surface area (TPSA) is 36.9 Å². The van der Waals surface area contributed by atoms with E-state index >= 15 is 0 Å². The quantitative estimate of drug-likeness (QED) is 0.161. The van der Waals surface area contributed by atoms with Crippen molar-refractivity contribution in [2.24, 2.45) is 0 Å². The summed E-state index contributed by atoms with van der Waals surface area (Å²) >= 11 is 0. The average molecular weight is 707 g/mol. The molecule has 0 spiro atoms. The Bertz CT molecular complexity index is 2750. The Hall–Kier alpha value is -7.24. The first-order valence-electron chi connectivity index (χ1n) is 18.5. The summed E-state index contributed by atoms with van der Waals surface area (Å²) in [6.45, 7) is -0.326. The second-order valence-corrected chi connectivity index (χ2v) is 14.0. The van der Waals surface area contributed by atoms with Crippen molar-refractivity contribution in [3.8, 4) is 68.2 Å². The van der Waals surface area contributed by atoms with Gasteiger partial charge in [-0.15, -0.1) is 0 Å². The van der Waals surface area contributed by atoms with Gasteiger partial charge in [0.1, 0.15) is 46.0 Å². The predicted molar refractivity (Wildman–Crippen MR) is 223 cm³/mol. The van der Waals surface area contributed by atoms with Gasteiger partial charge in [0.25, 0.3) is 6.71 Å². The highest BCUT2D eigenvalue weighted by molar-refractivity contribution is 6.99. The summed E-state index contributed by atoms with van der Waals surface area (Å²) in [5, 5.41) is 4.72. The van der Waals surface area contributed by atoms with Gasteiger partial charge in [-0.2, -0.15) is 0 Å². The lowest BCUT2D eigenvalue weighted by Gasteiger charge is -2.35. The minimum absolute atomic E-state index is 0.326. The van der Waals surface area contributed by atoms with E-state index in [4.69, 9.17) is 18.9 Å². The third kappa shape index (κ3) is 5.48. The lowest BCUT2D eigenvalue weighted by Crippen LogP contribution is -2.58. The van der Waals surface area contributed by atoms with E-state index in [1.165, 1.54) is 21.5 Å². The van der Waals surface area contributed by atoms with Gasteiger partial charge in [-0.05, 0) is 117 Å². The molecule has 5 heteroatoms. The number of para-hydroxylation sites is 2. The van der Waals surface area contributed by atoms with Crippen LogP contribution in [0.1, 0.15) is 0 Å². The molecule has 9 aromatic rings. The first-order chi connectivity index (χ1) is 27.2. The summed E-state index contributed by atoms with van der Waals surface area (Å²) in [5.74, 6) is 5.81. The molecule has 0 radical (unpaired) electrons. The maximum Gasteiger partial charge on any atom is 0.270 e. The van der Waals surface area contributed by atoms with E-state index in [-0.39, 0.29) is 6.71 Å². The monoisotopic (exact) mass is 706 g/mol. The zero-order valence-electron chi connectivity index (χ0n) is 29.6. The van der Waals surface area contributed by atoms with E-state index < -0.39 is 0 Å². The number of ether oxygens (including phenoxy) is 4. The molecule has 4 nitrogen and oxygen atoms in total. The smallest absolute Gasteiger partial charge is 0.270 e. The van der Waals surface area contributed by atoms with Gasteiger partial charge in [0, 0.05) is 16.4 Å². The van der Waals surface area contributed by atoms with Gasteiger partial charge in [0.2, 0.25) is 0 Å². The van der Waals surface area contributed by atoms with E-state index in [2.05, 4.69) is 109 Å². The Balaban J connectivity index is 1.15. The number of hydrogen-bond acceptors (Lipinski definition) is 4. The molecule has 0 aromatic heterocycles. The standard InChI is InChI=1S/C50H31BO4/c1-3-16-40(17-4-1)52-44-28-38(36-24-22-32-12-7-9-14-34(32)26-36)30-46-49(44)51-48-42(54-46)20-11-21-43(48)55-47-31-39(37-25-23-33-13-8-10-15-35(33)27-37)29-45(50(47)51)53-41-18-5-2-6-19-41/h1-31H. The molecule has 258 valence electrons. The van der Waals surface area contributed by atoms with Gasteiger partial charge in [-0.1, -0.05) is 115 Å². The highest BCUT2D eigenvalue weighted by Crippen LogP contribution is 2.43. The highest BCUT2D eigenvalue weighted by atomic mass is 16.5. The van der Waals surface area contributed by atoms with Gasteiger partial charge in [-0.3, -0.25) is 0 Å². The molecule has 0 saturated heterocycles. The molecule has 0 N–H and O–H groups in total. The summed E-state index contributed by atoms with van der Waals surface area (Å²) in [7, 11) is 0. The fourth-order valence-corrected chi connectivity index (χ4v) is 8.07. The lowest BCUT2D eigenvalue weighted by atomic mass is 9.34. The number of fused-ring (bicyclic) bond motifs is 6. The van der Waals surface area contributed by atoms with Crippen LogP contribution in [0.15, 0.2) is 188 Å². The Kier molecular flexibility index (Phi) is 7.24. The minimum atomic E-state index is -0.326. The van der Waals surface area contributed by atoms with Gasteiger partial charge in [-0.25, -0.2) is 0 Å². The van der Waals surface area contributed by atoms with Crippen LogP contribution >= 0.6 is 0 Å². The molecule has 2 heterocycles.